The lowest BCUT2D eigenvalue weighted by molar-refractivity contribution is -0.143. The second kappa shape index (κ2) is 10.6. The fourth-order valence-corrected chi connectivity index (χ4v) is 2.04. The van der Waals surface area contributed by atoms with Crippen LogP contribution < -0.4 is 5.32 Å². The number of nitrogens with one attached hydrogen (secondary N) is 1. The topological polar surface area (TPSA) is 38.3 Å². The van der Waals surface area contributed by atoms with Crippen LogP contribution in [0.4, 0.5) is 0 Å². The van der Waals surface area contributed by atoms with Crippen molar-refractivity contribution >= 4 is 5.97 Å². The molecule has 0 fully saturated rings. The first-order chi connectivity index (χ1) is 8.13. The van der Waals surface area contributed by atoms with Crippen LogP contribution in [0.1, 0.15) is 66.2 Å². The summed E-state index contributed by atoms with van der Waals surface area (Å²) in [6.07, 6.45) is 6.54. The molecule has 0 aliphatic heterocycles. The number of carbonyl (C=O) groups excluding carboxylic acids is 1. The van der Waals surface area contributed by atoms with Gasteiger partial charge in [0.1, 0.15) is 0 Å². The number of ether oxygens (including phenoxy) is 1. The van der Waals surface area contributed by atoms with Crippen LogP contribution in [-0.2, 0) is 9.53 Å². The summed E-state index contributed by atoms with van der Waals surface area (Å²) in [5, 5.41) is 3.54. The highest BCUT2D eigenvalue weighted by molar-refractivity contribution is 5.70. The van der Waals surface area contributed by atoms with Crippen LogP contribution in [-0.4, -0.2) is 24.7 Å². The molecular formula is C14H29NO2. The molecule has 0 radical (unpaired) electrons. The monoisotopic (exact) mass is 243 g/mol. The van der Waals surface area contributed by atoms with Crippen molar-refractivity contribution in [2.75, 3.05) is 6.61 Å². The van der Waals surface area contributed by atoms with Crippen LogP contribution in [0.25, 0.3) is 0 Å². The van der Waals surface area contributed by atoms with E-state index in [2.05, 4.69) is 26.1 Å². The lowest BCUT2D eigenvalue weighted by Gasteiger charge is -2.22. The van der Waals surface area contributed by atoms with E-state index in [-0.39, 0.29) is 12.0 Å². The molecule has 0 aromatic heterocycles. The lowest BCUT2D eigenvalue weighted by Crippen LogP contribution is -2.38. The molecule has 3 heteroatoms. The Bertz CT molecular complexity index is 195. The van der Waals surface area contributed by atoms with E-state index in [4.69, 9.17) is 4.74 Å². The number of hydrogen-bond donors (Lipinski definition) is 1. The first kappa shape index (κ1) is 16.4. The Kier molecular flexibility index (Phi) is 10.2. The molecule has 3 nitrogen and oxygen atoms in total. The van der Waals surface area contributed by atoms with Gasteiger partial charge in [0, 0.05) is 12.1 Å². The Morgan fingerprint density at radius 3 is 2.41 bits per heavy atom. The van der Waals surface area contributed by atoms with Crippen LogP contribution in [0.2, 0.25) is 0 Å². The third-order valence-electron chi connectivity index (χ3n) is 2.84. The average Bonchev–Trinajstić information content (AvgIpc) is 2.26. The van der Waals surface area contributed by atoms with Crippen molar-refractivity contribution < 1.29 is 9.53 Å². The largest absolute Gasteiger partial charge is 0.466 e. The first-order valence-electron chi connectivity index (χ1n) is 7.05. The smallest absolute Gasteiger partial charge is 0.307 e. The summed E-state index contributed by atoms with van der Waals surface area (Å²) < 4.78 is 4.96. The molecule has 2 atom stereocenters. The second-order valence-corrected chi connectivity index (χ2v) is 4.70. The van der Waals surface area contributed by atoms with Crippen molar-refractivity contribution in [2.24, 2.45) is 0 Å². The summed E-state index contributed by atoms with van der Waals surface area (Å²) in [5.74, 6) is -0.0989. The van der Waals surface area contributed by atoms with E-state index < -0.39 is 0 Å². The molecule has 0 bridgehead atoms. The molecule has 0 heterocycles. The minimum atomic E-state index is -0.0989. The maximum Gasteiger partial charge on any atom is 0.307 e. The zero-order chi connectivity index (χ0) is 13.1. The Hall–Kier alpha value is -0.570. The maximum atomic E-state index is 11.3. The van der Waals surface area contributed by atoms with Crippen LogP contribution in [0.15, 0.2) is 0 Å². The minimum absolute atomic E-state index is 0.0989. The van der Waals surface area contributed by atoms with E-state index in [9.17, 15) is 4.79 Å². The predicted molar refractivity (Wildman–Crippen MR) is 72.1 cm³/mol. The molecule has 0 aromatic carbocycles. The van der Waals surface area contributed by atoms with E-state index in [0.717, 1.165) is 0 Å². The molecule has 17 heavy (non-hydrogen) atoms. The van der Waals surface area contributed by atoms with Crippen molar-refractivity contribution in [1.82, 2.24) is 5.32 Å². The molecular weight excluding hydrogens is 214 g/mol. The van der Waals surface area contributed by atoms with Crippen molar-refractivity contribution in [3.8, 4) is 0 Å². The van der Waals surface area contributed by atoms with Crippen LogP contribution >= 0.6 is 0 Å². The van der Waals surface area contributed by atoms with Gasteiger partial charge in [0.15, 0.2) is 0 Å². The Morgan fingerprint density at radius 1 is 1.18 bits per heavy atom. The SMILES string of the molecule is CCCCC(CCC)NC(C)CC(=O)OCC. The van der Waals surface area contributed by atoms with Crippen molar-refractivity contribution in [3.63, 3.8) is 0 Å². The number of unbranched alkanes of at least 4 members (excludes halogenated alkanes) is 1. The molecule has 102 valence electrons. The van der Waals surface area contributed by atoms with Gasteiger partial charge in [-0.25, -0.2) is 0 Å². The number of rotatable bonds is 10. The Balaban J connectivity index is 3.92. The van der Waals surface area contributed by atoms with Gasteiger partial charge in [-0.1, -0.05) is 33.1 Å². The highest BCUT2D eigenvalue weighted by Crippen LogP contribution is 2.09. The van der Waals surface area contributed by atoms with Crippen molar-refractivity contribution in [1.29, 1.82) is 0 Å². The molecule has 2 unspecified atom stereocenters. The molecule has 0 spiro atoms. The highest BCUT2D eigenvalue weighted by Gasteiger charge is 2.14. The van der Waals surface area contributed by atoms with E-state index >= 15 is 0 Å². The Morgan fingerprint density at radius 2 is 1.88 bits per heavy atom. The van der Waals surface area contributed by atoms with Crippen molar-refractivity contribution in [2.45, 2.75) is 78.3 Å². The highest BCUT2D eigenvalue weighted by atomic mass is 16.5. The van der Waals surface area contributed by atoms with E-state index in [1.807, 2.05) is 6.92 Å². The summed E-state index contributed by atoms with van der Waals surface area (Å²) in [4.78, 5) is 11.3. The first-order valence-corrected chi connectivity index (χ1v) is 7.05. The standard InChI is InChI=1S/C14H29NO2/c1-5-8-10-13(9-6-2)15-12(4)11-14(16)17-7-3/h12-13,15H,5-11H2,1-4H3. The van der Waals surface area contributed by atoms with Gasteiger partial charge >= 0.3 is 5.97 Å². The van der Waals surface area contributed by atoms with Gasteiger partial charge in [-0.05, 0) is 26.7 Å². The maximum absolute atomic E-state index is 11.3. The van der Waals surface area contributed by atoms with Gasteiger partial charge in [0.25, 0.3) is 0 Å². The summed E-state index contributed by atoms with van der Waals surface area (Å²) in [5.41, 5.74) is 0. The zero-order valence-electron chi connectivity index (χ0n) is 11.9. The van der Waals surface area contributed by atoms with E-state index in [1.54, 1.807) is 0 Å². The molecule has 0 aromatic rings. The van der Waals surface area contributed by atoms with Crippen LogP contribution in [0, 0.1) is 0 Å². The summed E-state index contributed by atoms with van der Waals surface area (Å²) in [6.45, 7) is 8.80. The van der Waals surface area contributed by atoms with Crippen molar-refractivity contribution in [3.05, 3.63) is 0 Å². The fourth-order valence-electron chi connectivity index (χ4n) is 2.04. The zero-order valence-corrected chi connectivity index (χ0v) is 11.9. The van der Waals surface area contributed by atoms with Gasteiger partial charge < -0.3 is 10.1 Å². The molecule has 0 saturated carbocycles. The van der Waals surface area contributed by atoms with Gasteiger partial charge in [0.05, 0.1) is 13.0 Å². The number of hydrogen-bond acceptors (Lipinski definition) is 3. The van der Waals surface area contributed by atoms with Crippen LogP contribution in [0.5, 0.6) is 0 Å². The van der Waals surface area contributed by atoms with E-state index in [0.29, 0.717) is 19.1 Å². The van der Waals surface area contributed by atoms with Gasteiger partial charge in [-0.3, -0.25) is 4.79 Å². The second-order valence-electron chi connectivity index (χ2n) is 4.70. The number of esters is 1. The summed E-state index contributed by atoms with van der Waals surface area (Å²) >= 11 is 0. The normalized spacial score (nSPS) is 14.4. The lowest BCUT2D eigenvalue weighted by atomic mass is 10.0. The molecule has 1 N–H and O–H groups in total. The Labute approximate surface area is 106 Å². The molecule has 0 saturated heterocycles. The molecule has 0 amide bonds. The minimum Gasteiger partial charge on any atom is -0.466 e. The van der Waals surface area contributed by atoms with Gasteiger partial charge in [-0.15, -0.1) is 0 Å². The predicted octanol–water partition coefficient (Wildman–Crippen LogP) is 3.28. The third-order valence-corrected chi connectivity index (χ3v) is 2.84. The quantitative estimate of drug-likeness (QED) is 0.598. The molecule has 0 aliphatic carbocycles. The average molecular weight is 243 g/mol. The molecule has 0 rings (SSSR count). The third kappa shape index (κ3) is 9.16. The van der Waals surface area contributed by atoms with Gasteiger partial charge in [-0.2, -0.15) is 0 Å². The summed E-state index contributed by atoms with van der Waals surface area (Å²) in [7, 11) is 0. The van der Waals surface area contributed by atoms with Crippen LogP contribution in [0.3, 0.4) is 0 Å². The van der Waals surface area contributed by atoms with Gasteiger partial charge in [0.2, 0.25) is 0 Å². The molecule has 0 aliphatic rings. The number of carbonyl (C=O) groups is 1. The van der Waals surface area contributed by atoms with E-state index in [1.165, 1.54) is 32.1 Å². The fraction of sp³-hybridized carbons (Fsp3) is 0.929. The summed E-state index contributed by atoms with van der Waals surface area (Å²) in [6, 6.07) is 0.756.